The van der Waals surface area contributed by atoms with Gasteiger partial charge in [0, 0.05) is 6.10 Å². The third-order valence-corrected chi connectivity index (χ3v) is 10.4. The molecule has 0 amide bonds. The molecule has 1 aliphatic carbocycles. The van der Waals surface area contributed by atoms with Crippen molar-refractivity contribution in [3.05, 3.63) is 12.2 Å². The average Bonchev–Trinajstić information content (AvgIpc) is 2.46. The van der Waals surface area contributed by atoms with Crippen LogP contribution in [0.25, 0.3) is 0 Å². The van der Waals surface area contributed by atoms with Crippen molar-refractivity contribution >= 4 is 8.32 Å². The summed E-state index contributed by atoms with van der Waals surface area (Å²) in [6.45, 7) is 13.7. The van der Waals surface area contributed by atoms with E-state index in [2.05, 4.69) is 46.9 Å². The Hall–Kier alpha value is -0.123. The van der Waals surface area contributed by atoms with Crippen molar-refractivity contribution in [2.24, 2.45) is 5.92 Å². The smallest absolute Gasteiger partial charge is 0.192 e. The van der Waals surface area contributed by atoms with Crippen molar-refractivity contribution in [1.29, 1.82) is 0 Å². The Morgan fingerprint density at radius 2 is 1.78 bits per heavy atom. The van der Waals surface area contributed by atoms with Crippen molar-refractivity contribution in [3.63, 3.8) is 0 Å². The molecule has 1 N–H and O–H groups in total. The molecule has 3 heteroatoms. The molecule has 1 saturated carbocycles. The summed E-state index contributed by atoms with van der Waals surface area (Å²) >= 11 is 0. The van der Waals surface area contributed by atoms with Gasteiger partial charge in [0.15, 0.2) is 8.32 Å². The van der Waals surface area contributed by atoms with Crippen LogP contribution in [-0.2, 0) is 4.43 Å². The Bertz CT molecular complexity index is 351. The highest BCUT2D eigenvalue weighted by molar-refractivity contribution is 6.74. The summed E-state index contributed by atoms with van der Waals surface area (Å²) in [5, 5.41) is 10.5. The van der Waals surface area contributed by atoms with Gasteiger partial charge >= 0.3 is 0 Å². The highest BCUT2D eigenvalue weighted by Crippen LogP contribution is 2.37. The highest BCUT2D eigenvalue weighted by atomic mass is 28.4. The quantitative estimate of drug-likeness (QED) is 0.330. The first-order chi connectivity index (χ1) is 10.6. The van der Waals surface area contributed by atoms with Crippen LogP contribution in [0.2, 0.25) is 18.1 Å². The lowest BCUT2D eigenvalue weighted by Gasteiger charge is -2.38. The van der Waals surface area contributed by atoms with E-state index in [4.69, 9.17) is 4.43 Å². The van der Waals surface area contributed by atoms with Crippen LogP contribution in [-0.4, -0.2) is 25.6 Å². The first-order valence-electron chi connectivity index (χ1n) is 9.66. The van der Waals surface area contributed by atoms with Crippen molar-refractivity contribution in [2.75, 3.05) is 0 Å². The fourth-order valence-electron chi connectivity index (χ4n) is 3.13. The van der Waals surface area contributed by atoms with Crippen LogP contribution in [0.5, 0.6) is 0 Å². The molecule has 0 heterocycles. The Morgan fingerprint density at radius 3 is 2.35 bits per heavy atom. The van der Waals surface area contributed by atoms with Gasteiger partial charge in [0.1, 0.15) is 0 Å². The molecule has 23 heavy (non-hydrogen) atoms. The predicted octanol–water partition coefficient (Wildman–Crippen LogP) is 6.06. The summed E-state index contributed by atoms with van der Waals surface area (Å²) in [4.78, 5) is 0. The summed E-state index contributed by atoms with van der Waals surface area (Å²) in [6, 6.07) is 0. The van der Waals surface area contributed by atoms with Gasteiger partial charge in [-0.15, -0.1) is 0 Å². The summed E-state index contributed by atoms with van der Waals surface area (Å²) in [7, 11) is -1.63. The SMILES string of the molecule is C[C@@H](CCC/C=C/[C@H](O)C1CCCCC1)O[Si](C)(C)C(C)(C)C. The Balaban J connectivity index is 2.22. The van der Waals surface area contributed by atoms with E-state index < -0.39 is 8.32 Å². The third kappa shape index (κ3) is 7.53. The maximum absolute atomic E-state index is 10.2. The van der Waals surface area contributed by atoms with Gasteiger partial charge in [0.2, 0.25) is 0 Å². The van der Waals surface area contributed by atoms with Crippen molar-refractivity contribution < 1.29 is 9.53 Å². The number of rotatable bonds is 8. The van der Waals surface area contributed by atoms with Crippen molar-refractivity contribution in [3.8, 4) is 0 Å². The van der Waals surface area contributed by atoms with Crippen molar-refractivity contribution in [1.82, 2.24) is 0 Å². The second-order valence-corrected chi connectivity index (χ2v) is 13.7. The van der Waals surface area contributed by atoms with E-state index in [0.29, 0.717) is 12.0 Å². The summed E-state index contributed by atoms with van der Waals surface area (Å²) in [5.74, 6) is 0.501. The number of aliphatic hydroxyl groups is 1. The molecule has 2 atom stereocenters. The maximum atomic E-state index is 10.2. The Morgan fingerprint density at radius 1 is 1.17 bits per heavy atom. The van der Waals surface area contributed by atoms with Crippen LogP contribution in [0.15, 0.2) is 12.2 Å². The molecule has 1 aliphatic rings. The number of aliphatic hydroxyl groups excluding tert-OH is 1. The topological polar surface area (TPSA) is 29.5 Å². The second kappa shape index (κ2) is 9.38. The van der Waals surface area contributed by atoms with Crippen LogP contribution in [0.1, 0.15) is 79.1 Å². The van der Waals surface area contributed by atoms with Crippen LogP contribution >= 0.6 is 0 Å². The molecular formula is C20H40O2Si. The molecule has 0 saturated heterocycles. The zero-order chi connectivity index (χ0) is 17.5. The van der Waals surface area contributed by atoms with Crippen LogP contribution in [0, 0.1) is 5.92 Å². The van der Waals surface area contributed by atoms with Crippen LogP contribution in [0.3, 0.4) is 0 Å². The van der Waals surface area contributed by atoms with Gasteiger partial charge in [0.25, 0.3) is 0 Å². The van der Waals surface area contributed by atoms with E-state index in [-0.39, 0.29) is 11.1 Å². The average molecular weight is 341 g/mol. The molecule has 0 radical (unpaired) electrons. The van der Waals surface area contributed by atoms with Gasteiger partial charge in [-0.2, -0.15) is 0 Å². The largest absolute Gasteiger partial charge is 0.414 e. The van der Waals surface area contributed by atoms with Gasteiger partial charge < -0.3 is 9.53 Å². The molecule has 0 aromatic heterocycles. The molecule has 2 nitrogen and oxygen atoms in total. The minimum atomic E-state index is -1.63. The zero-order valence-corrected chi connectivity index (χ0v) is 17.4. The standard InChI is InChI=1S/C20H40O2Si/c1-17(22-23(5,6)20(2,3)4)13-9-7-12-16-19(21)18-14-10-8-11-15-18/h12,16-19,21H,7-11,13-15H2,1-6H3/b16-12+/t17-,19-/m0/s1. The number of hydrogen-bond acceptors (Lipinski definition) is 2. The minimum Gasteiger partial charge on any atom is -0.414 e. The lowest BCUT2D eigenvalue weighted by molar-refractivity contribution is 0.125. The Kier molecular flexibility index (Phi) is 8.54. The van der Waals surface area contributed by atoms with E-state index in [1.165, 1.54) is 32.1 Å². The normalized spacial score (nSPS) is 20.8. The Labute approximate surface area is 145 Å². The predicted molar refractivity (Wildman–Crippen MR) is 103 cm³/mol. The fourth-order valence-corrected chi connectivity index (χ4v) is 4.61. The monoisotopic (exact) mass is 340 g/mol. The summed E-state index contributed by atoms with van der Waals surface area (Å²) < 4.78 is 6.39. The number of unbranched alkanes of at least 4 members (excludes halogenated alkanes) is 1. The molecule has 0 unspecified atom stereocenters. The highest BCUT2D eigenvalue weighted by Gasteiger charge is 2.38. The molecule has 0 aromatic carbocycles. The van der Waals surface area contributed by atoms with Crippen LogP contribution in [0.4, 0.5) is 0 Å². The van der Waals surface area contributed by atoms with E-state index in [1.54, 1.807) is 0 Å². The molecule has 0 spiro atoms. The van der Waals surface area contributed by atoms with Crippen molar-refractivity contribution in [2.45, 2.75) is 109 Å². The van der Waals surface area contributed by atoms with Gasteiger partial charge in [0.05, 0.1) is 6.10 Å². The van der Waals surface area contributed by atoms with Gasteiger partial charge in [-0.05, 0) is 63.1 Å². The first kappa shape index (κ1) is 20.9. The molecule has 136 valence electrons. The molecule has 0 aliphatic heterocycles. The fraction of sp³-hybridized carbons (Fsp3) is 0.900. The minimum absolute atomic E-state index is 0.226. The lowest BCUT2D eigenvalue weighted by Crippen LogP contribution is -2.43. The van der Waals surface area contributed by atoms with Gasteiger partial charge in [-0.25, -0.2) is 0 Å². The molecule has 1 rings (SSSR count). The first-order valence-corrected chi connectivity index (χ1v) is 12.6. The second-order valence-electron chi connectivity index (χ2n) is 8.94. The lowest BCUT2D eigenvalue weighted by atomic mass is 9.85. The van der Waals surface area contributed by atoms with Crippen LogP contribution < -0.4 is 0 Å². The number of hydrogen-bond donors (Lipinski definition) is 1. The molecular weight excluding hydrogens is 300 g/mol. The maximum Gasteiger partial charge on any atom is 0.192 e. The molecule has 1 fully saturated rings. The zero-order valence-electron chi connectivity index (χ0n) is 16.4. The van der Waals surface area contributed by atoms with E-state index >= 15 is 0 Å². The summed E-state index contributed by atoms with van der Waals surface area (Å²) in [5.41, 5.74) is 0. The van der Waals surface area contributed by atoms with Gasteiger partial charge in [-0.3, -0.25) is 0 Å². The van der Waals surface area contributed by atoms with Gasteiger partial charge in [-0.1, -0.05) is 52.2 Å². The van der Waals surface area contributed by atoms with E-state index in [1.807, 2.05) is 6.08 Å². The van der Waals surface area contributed by atoms with E-state index in [9.17, 15) is 5.11 Å². The number of allylic oxidation sites excluding steroid dienone is 1. The van der Waals surface area contributed by atoms with E-state index in [0.717, 1.165) is 19.3 Å². The molecule has 0 aromatic rings. The third-order valence-electron chi connectivity index (χ3n) is 5.75. The molecule has 0 bridgehead atoms. The summed E-state index contributed by atoms with van der Waals surface area (Å²) in [6.07, 6.45) is 14.0.